The summed E-state index contributed by atoms with van der Waals surface area (Å²) in [5.41, 5.74) is -0.549. The van der Waals surface area contributed by atoms with E-state index < -0.39 is 11.4 Å². The molecular formula is C11H15ClFNO. The molecule has 4 heteroatoms. The molecule has 1 aromatic carbocycles. The lowest BCUT2D eigenvalue weighted by molar-refractivity contribution is 0.0576. The molecule has 0 saturated heterocycles. The number of halogens is 2. The molecule has 0 spiro atoms. The van der Waals surface area contributed by atoms with Gasteiger partial charge in [-0.1, -0.05) is 24.6 Å². The summed E-state index contributed by atoms with van der Waals surface area (Å²) in [6.07, 6.45) is 0. The summed E-state index contributed by atoms with van der Waals surface area (Å²) < 4.78 is 12.8. The molecule has 0 aliphatic rings. The van der Waals surface area contributed by atoms with Gasteiger partial charge in [-0.3, -0.25) is 0 Å². The summed E-state index contributed by atoms with van der Waals surface area (Å²) >= 11 is 5.87. The Kier molecular flexibility index (Phi) is 4.08. The normalized spacial score (nSPS) is 15.0. The highest BCUT2D eigenvalue weighted by molar-refractivity contribution is 6.31. The minimum absolute atomic E-state index is 0.248. The van der Waals surface area contributed by atoms with E-state index in [4.69, 9.17) is 11.6 Å². The van der Waals surface area contributed by atoms with E-state index in [9.17, 15) is 9.50 Å². The van der Waals surface area contributed by atoms with Crippen molar-refractivity contribution in [2.45, 2.75) is 19.4 Å². The summed E-state index contributed by atoms with van der Waals surface area (Å²) in [5.74, 6) is -0.400. The van der Waals surface area contributed by atoms with Crippen molar-refractivity contribution in [2.24, 2.45) is 0 Å². The van der Waals surface area contributed by atoms with Gasteiger partial charge in [-0.25, -0.2) is 4.39 Å². The van der Waals surface area contributed by atoms with Crippen LogP contribution < -0.4 is 5.32 Å². The van der Waals surface area contributed by atoms with Crippen LogP contribution in [0.25, 0.3) is 0 Å². The lowest BCUT2D eigenvalue weighted by Crippen LogP contribution is -2.35. The molecule has 15 heavy (non-hydrogen) atoms. The molecule has 2 N–H and O–H groups in total. The molecule has 1 rings (SSSR count). The van der Waals surface area contributed by atoms with Gasteiger partial charge in [0.25, 0.3) is 0 Å². The second-order valence-electron chi connectivity index (χ2n) is 3.68. The highest BCUT2D eigenvalue weighted by atomic mass is 35.5. The maximum atomic E-state index is 12.8. The number of hydrogen-bond donors (Lipinski definition) is 2. The van der Waals surface area contributed by atoms with Crippen molar-refractivity contribution in [1.82, 2.24) is 5.32 Å². The van der Waals surface area contributed by atoms with Crippen LogP contribution in [0.4, 0.5) is 4.39 Å². The van der Waals surface area contributed by atoms with Crippen LogP contribution >= 0.6 is 11.6 Å². The van der Waals surface area contributed by atoms with E-state index in [0.717, 1.165) is 6.54 Å². The largest absolute Gasteiger partial charge is 0.384 e. The predicted octanol–water partition coefficient (Wildman–Crippen LogP) is 2.30. The fourth-order valence-corrected chi connectivity index (χ4v) is 1.76. The third-order valence-electron chi connectivity index (χ3n) is 2.23. The number of nitrogens with one attached hydrogen (secondary N) is 1. The molecule has 0 aliphatic carbocycles. The second-order valence-corrected chi connectivity index (χ2v) is 4.09. The SMILES string of the molecule is CCNCC(C)(O)c1ccc(F)cc1Cl. The molecule has 0 heterocycles. The third kappa shape index (κ3) is 3.16. The van der Waals surface area contributed by atoms with Gasteiger partial charge in [0.15, 0.2) is 0 Å². The fourth-order valence-electron chi connectivity index (χ4n) is 1.39. The van der Waals surface area contributed by atoms with Crippen LogP contribution in [-0.4, -0.2) is 18.2 Å². The molecule has 0 aliphatic heterocycles. The quantitative estimate of drug-likeness (QED) is 0.834. The minimum atomic E-state index is -1.08. The minimum Gasteiger partial charge on any atom is -0.384 e. The molecule has 1 aromatic rings. The Hall–Kier alpha value is -0.640. The smallest absolute Gasteiger partial charge is 0.124 e. The molecule has 1 unspecified atom stereocenters. The average molecular weight is 232 g/mol. The Bertz CT molecular complexity index is 341. The summed E-state index contributed by atoms with van der Waals surface area (Å²) in [4.78, 5) is 0. The summed E-state index contributed by atoms with van der Waals surface area (Å²) in [6.45, 7) is 4.74. The lowest BCUT2D eigenvalue weighted by Gasteiger charge is -2.25. The zero-order chi connectivity index (χ0) is 11.5. The lowest BCUT2D eigenvalue weighted by atomic mass is 9.96. The number of likely N-dealkylation sites (N-methyl/N-ethyl adjacent to an activating group) is 1. The second kappa shape index (κ2) is 4.92. The zero-order valence-corrected chi connectivity index (χ0v) is 9.61. The van der Waals surface area contributed by atoms with Crippen molar-refractivity contribution >= 4 is 11.6 Å². The molecular weight excluding hydrogens is 217 g/mol. The molecule has 1 atom stereocenters. The van der Waals surface area contributed by atoms with Crippen LogP contribution in [0.15, 0.2) is 18.2 Å². The zero-order valence-electron chi connectivity index (χ0n) is 8.85. The molecule has 0 amide bonds. The van der Waals surface area contributed by atoms with Gasteiger partial charge >= 0.3 is 0 Å². The molecule has 2 nitrogen and oxygen atoms in total. The van der Waals surface area contributed by atoms with Gasteiger partial charge in [0.05, 0.1) is 0 Å². The summed E-state index contributed by atoms with van der Waals surface area (Å²) in [7, 11) is 0. The van der Waals surface area contributed by atoms with Gasteiger partial charge in [0.1, 0.15) is 11.4 Å². The van der Waals surface area contributed by atoms with Crippen molar-refractivity contribution in [3.63, 3.8) is 0 Å². The first kappa shape index (κ1) is 12.4. The number of hydrogen-bond acceptors (Lipinski definition) is 2. The Morgan fingerprint density at radius 1 is 1.53 bits per heavy atom. The number of benzene rings is 1. The Morgan fingerprint density at radius 2 is 2.20 bits per heavy atom. The van der Waals surface area contributed by atoms with Gasteiger partial charge in [0, 0.05) is 17.1 Å². The highest BCUT2D eigenvalue weighted by Crippen LogP contribution is 2.28. The van der Waals surface area contributed by atoms with Crippen LogP contribution in [0.1, 0.15) is 19.4 Å². The first-order valence-electron chi connectivity index (χ1n) is 4.86. The first-order valence-corrected chi connectivity index (χ1v) is 5.24. The van der Waals surface area contributed by atoms with Crippen LogP contribution in [0, 0.1) is 5.82 Å². The molecule has 0 saturated carbocycles. The van der Waals surface area contributed by atoms with Crippen LogP contribution in [0.2, 0.25) is 5.02 Å². The van der Waals surface area contributed by atoms with Crippen molar-refractivity contribution in [3.8, 4) is 0 Å². The third-order valence-corrected chi connectivity index (χ3v) is 2.54. The number of aliphatic hydroxyl groups is 1. The monoisotopic (exact) mass is 231 g/mol. The molecule has 0 bridgehead atoms. The summed E-state index contributed by atoms with van der Waals surface area (Å²) in [5, 5.41) is 13.4. The van der Waals surface area contributed by atoms with Gasteiger partial charge in [-0.15, -0.1) is 0 Å². The Labute approximate surface area is 94.1 Å². The van der Waals surface area contributed by atoms with E-state index in [0.29, 0.717) is 12.1 Å². The van der Waals surface area contributed by atoms with E-state index in [-0.39, 0.29) is 5.02 Å². The fraction of sp³-hybridized carbons (Fsp3) is 0.455. The molecule has 0 fully saturated rings. The predicted molar refractivity (Wildman–Crippen MR) is 59.5 cm³/mol. The van der Waals surface area contributed by atoms with Crippen LogP contribution in [-0.2, 0) is 5.60 Å². The maximum absolute atomic E-state index is 12.8. The van der Waals surface area contributed by atoms with Gasteiger partial charge < -0.3 is 10.4 Å². The average Bonchev–Trinajstić information content (AvgIpc) is 2.14. The molecule has 0 aromatic heterocycles. The molecule has 0 radical (unpaired) electrons. The Balaban J connectivity index is 2.93. The van der Waals surface area contributed by atoms with E-state index in [1.807, 2.05) is 6.92 Å². The van der Waals surface area contributed by atoms with Gasteiger partial charge in [0.2, 0.25) is 0 Å². The van der Waals surface area contributed by atoms with E-state index in [1.54, 1.807) is 6.92 Å². The standard InChI is InChI=1S/C11H15ClFNO/c1-3-14-7-11(2,15)9-5-4-8(13)6-10(9)12/h4-6,14-15H,3,7H2,1-2H3. The van der Waals surface area contributed by atoms with E-state index in [2.05, 4.69) is 5.32 Å². The topological polar surface area (TPSA) is 32.3 Å². The van der Waals surface area contributed by atoms with E-state index >= 15 is 0 Å². The van der Waals surface area contributed by atoms with Crippen molar-refractivity contribution in [3.05, 3.63) is 34.6 Å². The van der Waals surface area contributed by atoms with Crippen LogP contribution in [0.3, 0.4) is 0 Å². The first-order chi connectivity index (χ1) is 6.97. The summed E-state index contributed by atoms with van der Waals surface area (Å²) in [6, 6.07) is 4.01. The van der Waals surface area contributed by atoms with Crippen molar-refractivity contribution in [1.29, 1.82) is 0 Å². The van der Waals surface area contributed by atoms with Crippen LogP contribution in [0.5, 0.6) is 0 Å². The van der Waals surface area contributed by atoms with Gasteiger partial charge in [-0.2, -0.15) is 0 Å². The highest BCUT2D eigenvalue weighted by Gasteiger charge is 2.25. The van der Waals surface area contributed by atoms with Gasteiger partial charge in [-0.05, 0) is 25.6 Å². The van der Waals surface area contributed by atoms with Crippen molar-refractivity contribution < 1.29 is 9.50 Å². The van der Waals surface area contributed by atoms with E-state index in [1.165, 1.54) is 18.2 Å². The van der Waals surface area contributed by atoms with Crippen molar-refractivity contribution in [2.75, 3.05) is 13.1 Å². The number of rotatable bonds is 4. The Morgan fingerprint density at radius 3 is 2.73 bits per heavy atom. The maximum Gasteiger partial charge on any atom is 0.124 e. The molecule has 84 valence electrons.